The minimum Gasteiger partial charge on any atom is -0.493 e. The first kappa shape index (κ1) is 17.8. The van der Waals surface area contributed by atoms with Gasteiger partial charge in [-0.1, -0.05) is 6.07 Å². The summed E-state index contributed by atoms with van der Waals surface area (Å²) in [6.45, 7) is 7.10. The summed E-state index contributed by atoms with van der Waals surface area (Å²) in [5, 5.41) is 7.35. The Labute approximate surface area is 142 Å². The van der Waals surface area contributed by atoms with Crippen molar-refractivity contribution in [3.63, 3.8) is 0 Å². The van der Waals surface area contributed by atoms with Gasteiger partial charge in [-0.3, -0.25) is 9.48 Å². The van der Waals surface area contributed by atoms with Crippen LogP contribution in [0.15, 0.2) is 18.2 Å². The smallest absolute Gasteiger partial charge is 0.255 e. The monoisotopic (exact) mass is 331 g/mol. The fraction of sp³-hybridized carbons (Fsp3) is 0.444. The molecule has 1 heterocycles. The predicted molar refractivity (Wildman–Crippen MR) is 93.0 cm³/mol. The second kappa shape index (κ2) is 7.86. The van der Waals surface area contributed by atoms with E-state index in [4.69, 9.17) is 9.47 Å². The summed E-state index contributed by atoms with van der Waals surface area (Å²) < 4.78 is 12.4. The molecule has 0 aliphatic rings. The second-order valence-corrected chi connectivity index (χ2v) is 5.56. The number of rotatable bonds is 7. The van der Waals surface area contributed by atoms with E-state index >= 15 is 0 Å². The zero-order chi connectivity index (χ0) is 17.7. The summed E-state index contributed by atoms with van der Waals surface area (Å²) in [7, 11) is 3.22. The average Bonchev–Trinajstić information content (AvgIpc) is 2.88. The molecule has 0 spiro atoms. The average molecular weight is 331 g/mol. The van der Waals surface area contributed by atoms with Gasteiger partial charge in [-0.2, -0.15) is 5.10 Å². The zero-order valence-corrected chi connectivity index (χ0v) is 15.0. The number of nitrogens with zero attached hydrogens (tertiary/aromatic N) is 2. The molecule has 0 unspecified atom stereocenters. The number of amides is 1. The van der Waals surface area contributed by atoms with E-state index in [1.807, 2.05) is 43.7 Å². The van der Waals surface area contributed by atoms with Crippen LogP contribution in [0.25, 0.3) is 0 Å². The van der Waals surface area contributed by atoms with E-state index in [2.05, 4.69) is 10.4 Å². The van der Waals surface area contributed by atoms with E-state index in [1.54, 1.807) is 14.2 Å². The molecule has 0 aliphatic heterocycles. The molecular formula is C18H25N3O3. The first-order chi connectivity index (χ1) is 11.5. The van der Waals surface area contributed by atoms with E-state index in [9.17, 15) is 4.79 Å². The second-order valence-electron chi connectivity index (χ2n) is 5.56. The van der Waals surface area contributed by atoms with Crippen LogP contribution >= 0.6 is 0 Å². The number of carbonyl (C=O) groups is 1. The molecule has 0 radical (unpaired) electrons. The summed E-state index contributed by atoms with van der Waals surface area (Å²) in [5.74, 6) is 1.31. The number of benzene rings is 1. The first-order valence-electron chi connectivity index (χ1n) is 8.04. The summed E-state index contributed by atoms with van der Waals surface area (Å²) in [5.41, 5.74) is 3.41. The van der Waals surface area contributed by atoms with E-state index in [0.717, 1.165) is 23.5 Å². The molecule has 1 N–H and O–H groups in total. The van der Waals surface area contributed by atoms with Crippen LogP contribution in [-0.4, -0.2) is 36.5 Å². The van der Waals surface area contributed by atoms with Crippen LogP contribution < -0.4 is 14.8 Å². The van der Waals surface area contributed by atoms with Crippen LogP contribution in [0.2, 0.25) is 0 Å². The maximum absolute atomic E-state index is 12.4. The highest BCUT2D eigenvalue weighted by atomic mass is 16.5. The van der Waals surface area contributed by atoms with E-state index in [1.165, 1.54) is 0 Å². The molecule has 1 amide bonds. The van der Waals surface area contributed by atoms with Gasteiger partial charge in [0, 0.05) is 18.8 Å². The zero-order valence-electron chi connectivity index (χ0n) is 15.0. The molecule has 2 aromatic rings. The van der Waals surface area contributed by atoms with Crippen molar-refractivity contribution in [3.8, 4) is 11.5 Å². The summed E-state index contributed by atoms with van der Waals surface area (Å²) in [6, 6.07) is 5.77. The lowest BCUT2D eigenvalue weighted by Crippen LogP contribution is -2.26. The van der Waals surface area contributed by atoms with Gasteiger partial charge in [-0.25, -0.2) is 0 Å². The van der Waals surface area contributed by atoms with Gasteiger partial charge >= 0.3 is 0 Å². The van der Waals surface area contributed by atoms with Crippen molar-refractivity contribution in [1.29, 1.82) is 0 Å². The van der Waals surface area contributed by atoms with Gasteiger partial charge in [0.1, 0.15) is 0 Å². The fourth-order valence-electron chi connectivity index (χ4n) is 2.78. The minimum atomic E-state index is -0.0785. The minimum absolute atomic E-state index is 0.0785. The van der Waals surface area contributed by atoms with Crippen LogP contribution in [0, 0.1) is 13.8 Å². The van der Waals surface area contributed by atoms with Crippen LogP contribution in [0.1, 0.15) is 34.2 Å². The Balaban J connectivity index is 1.99. The lowest BCUT2D eigenvalue weighted by molar-refractivity contribution is 0.0953. The summed E-state index contributed by atoms with van der Waals surface area (Å²) >= 11 is 0. The maximum Gasteiger partial charge on any atom is 0.255 e. The highest BCUT2D eigenvalue weighted by molar-refractivity contribution is 5.96. The molecule has 24 heavy (non-hydrogen) atoms. The van der Waals surface area contributed by atoms with Crippen molar-refractivity contribution in [2.24, 2.45) is 0 Å². The maximum atomic E-state index is 12.4. The van der Waals surface area contributed by atoms with Crippen molar-refractivity contribution in [3.05, 3.63) is 40.7 Å². The SMILES string of the molecule is CCn1nc(C)c(C(=O)NCCc2ccc(OC)c(OC)c2)c1C. The van der Waals surface area contributed by atoms with Crippen LogP contribution in [0.4, 0.5) is 0 Å². The summed E-state index contributed by atoms with van der Waals surface area (Å²) in [4.78, 5) is 12.4. The number of aryl methyl sites for hydroxylation is 2. The topological polar surface area (TPSA) is 65.4 Å². The largest absolute Gasteiger partial charge is 0.493 e. The molecule has 0 fully saturated rings. The predicted octanol–water partition coefficient (Wildman–Crippen LogP) is 2.51. The third-order valence-electron chi connectivity index (χ3n) is 4.06. The standard InChI is InChI=1S/C18H25N3O3/c1-6-21-13(3)17(12(2)20-21)18(22)19-10-9-14-7-8-15(23-4)16(11-14)24-5/h7-8,11H,6,9-10H2,1-5H3,(H,19,22). The fourth-order valence-corrected chi connectivity index (χ4v) is 2.78. The summed E-state index contributed by atoms with van der Waals surface area (Å²) in [6.07, 6.45) is 0.714. The Kier molecular flexibility index (Phi) is 5.84. The van der Waals surface area contributed by atoms with Crippen LogP contribution in [0.3, 0.4) is 0 Å². The third-order valence-corrected chi connectivity index (χ3v) is 4.06. The van der Waals surface area contributed by atoms with Crippen LogP contribution in [-0.2, 0) is 13.0 Å². The number of carbonyl (C=O) groups excluding carboxylic acids is 1. The number of nitrogens with one attached hydrogen (secondary N) is 1. The Hall–Kier alpha value is -2.50. The third kappa shape index (κ3) is 3.69. The molecule has 6 nitrogen and oxygen atoms in total. The first-order valence-corrected chi connectivity index (χ1v) is 8.04. The Morgan fingerprint density at radius 1 is 1.21 bits per heavy atom. The molecule has 0 saturated carbocycles. The molecule has 0 saturated heterocycles. The molecule has 130 valence electrons. The van der Waals surface area contributed by atoms with Gasteiger partial charge < -0.3 is 14.8 Å². The molecule has 2 rings (SSSR count). The molecule has 6 heteroatoms. The number of hydrogen-bond acceptors (Lipinski definition) is 4. The van der Waals surface area contributed by atoms with Gasteiger partial charge in [0.25, 0.3) is 5.91 Å². The number of ether oxygens (including phenoxy) is 2. The van der Waals surface area contributed by atoms with E-state index < -0.39 is 0 Å². The van der Waals surface area contributed by atoms with Crippen molar-refractivity contribution >= 4 is 5.91 Å². The molecule has 0 bridgehead atoms. The van der Waals surface area contributed by atoms with Gasteiger partial charge in [-0.15, -0.1) is 0 Å². The lowest BCUT2D eigenvalue weighted by Gasteiger charge is -2.10. The lowest BCUT2D eigenvalue weighted by atomic mass is 10.1. The normalized spacial score (nSPS) is 10.5. The number of aromatic nitrogens is 2. The van der Waals surface area contributed by atoms with E-state index in [0.29, 0.717) is 30.0 Å². The number of hydrogen-bond donors (Lipinski definition) is 1. The van der Waals surface area contributed by atoms with Gasteiger partial charge in [0.15, 0.2) is 11.5 Å². The molecule has 1 aromatic carbocycles. The Morgan fingerprint density at radius 2 is 1.92 bits per heavy atom. The van der Waals surface area contributed by atoms with Gasteiger partial charge in [0.05, 0.1) is 25.5 Å². The van der Waals surface area contributed by atoms with Crippen molar-refractivity contribution in [2.45, 2.75) is 33.7 Å². The van der Waals surface area contributed by atoms with E-state index in [-0.39, 0.29) is 5.91 Å². The highest BCUT2D eigenvalue weighted by Crippen LogP contribution is 2.27. The quantitative estimate of drug-likeness (QED) is 0.847. The Morgan fingerprint density at radius 3 is 2.50 bits per heavy atom. The van der Waals surface area contributed by atoms with Gasteiger partial charge in [0.2, 0.25) is 0 Å². The van der Waals surface area contributed by atoms with Crippen molar-refractivity contribution in [1.82, 2.24) is 15.1 Å². The highest BCUT2D eigenvalue weighted by Gasteiger charge is 2.17. The molecule has 0 aliphatic carbocycles. The Bertz CT molecular complexity index is 723. The van der Waals surface area contributed by atoms with Crippen LogP contribution in [0.5, 0.6) is 11.5 Å². The number of methoxy groups -OCH3 is 2. The van der Waals surface area contributed by atoms with Crippen molar-refractivity contribution < 1.29 is 14.3 Å². The molecule has 1 aromatic heterocycles. The van der Waals surface area contributed by atoms with Gasteiger partial charge in [-0.05, 0) is 44.9 Å². The molecular weight excluding hydrogens is 306 g/mol. The molecule has 0 atom stereocenters. The van der Waals surface area contributed by atoms with Crippen molar-refractivity contribution in [2.75, 3.05) is 20.8 Å².